The Morgan fingerprint density at radius 2 is 2.00 bits per heavy atom. The lowest BCUT2D eigenvalue weighted by atomic mass is 9.98. The quantitative estimate of drug-likeness (QED) is 0.843. The maximum atomic E-state index is 14.0. The SMILES string of the molecule is O=C(c1coc(CN2CCOCC2)c1)N1CCC(c2ccccc2F)C1. The van der Waals surface area contributed by atoms with Crippen molar-refractivity contribution in [2.45, 2.75) is 18.9 Å². The van der Waals surface area contributed by atoms with Gasteiger partial charge in [0.1, 0.15) is 17.8 Å². The van der Waals surface area contributed by atoms with Crippen LogP contribution in [0.3, 0.4) is 0 Å². The first-order chi connectivity index (χ1) is 12.7. The summed E-state index contributed by atoms with van der Waals surface area (Å²) in [5.41, 5.74) is 1.27. The minimum Gasteiger partial charge on any atom is -0.467 e. The fraction of sp³-hybridized carbons (Fsp3) is 0.450. The fourth-order valence-electron chi connectivity index (χ4n) is 3.74. The highest BCUT2D eigenvalue weighted by molar-refractivity contribution is 5.94. The van der Waals surface area contributed by atoms with Crippen LogP contribution in [-0.2, 0) is 11.3 Å². The van der Waals surface area contributed by atoms with E-state index in [4.69, 9.17) is 9.15 Å². The predicted octanol–water partition coefficient (Wildman–Crippen LogP) is 2.88. The summed E-state index contributed by atoms with van der Waals surface area (Å²) in [5, 5.41) is 0. The molecule has 6 heteroatoms. The Balaban J connectivity index is 1.38. The first kappa shape index (κ1) is 17.2. The van der Waals surface area contributed by atoms with E-state index in [0.717, 1.165) is 38.5 Å². The fourth-order valence-corrected chi connectivity index (χ4v) is 3.74. The Hall–Kier alpha value is -2.18. The van der Waals surface area contributed by atoms with E-state index in [-0.39, 0.29) is 17.6 Å². The van der Waals surface area contributed by atoms with Crippen molar-refractivity contribution in [2.75, 3.05) is 39.4 Å². The maximum absolute atomic E-state index is 14.0. The monoisotopic (exact) mass is 358 g/mol. The van der Waals surface area contributed by atoms with E-state index in [9.17, 15) is 9.18 Å². The van der Waals surface area contributed by atoms with Crippen LogP contribution < -0.4 is 0 Å². The molecule has 0 spiro atoms. The van der Waals surface area contributed by atoms with Crippen LogP contribution in [0.25, 0.3) is 0 Å². The summed E-state index contributed by atoms with van der Waals surface area (Å²) in [6.07, 6.45) is 2.32. The highest BCUT2D eigenvalue weighted by atomic mass is 19.1. The standard InChI is InChI=1S/C20H23FN2O3/c21-19-4-2-1-3-18(19)15-5-6-23(12-15)20(24)16-11-17(26-14-16)13-22-7-9-25-10-8-22/h1-4,11,14-15H,5-10,12-13H2. The number of benzene rings is 1. The Kier molecular flexibility index (Phi) is 5.04. The average Bonchev–Trinajstić information content (AvgIpc) is 3.32. The number of hydrogen-bond acceptors (Lipinski definition) is 4. The molecule has 4 rings (SSSR count). The van der Waals surface area contributed by atoms with E-state index in [2.05, 4.69) is 4.90 Å². The number of rotatable bonds is 4. The smallest absolute Gasteiger partial charge is 0.257 e. The molecular formula is C20H23FN2O3. The lowest BCUT2D eigenvalue weighted by molar-refractivity contribution is 0.0313. The lowest BCUT2D eigenvalue weighted by Crippen LogP contribution is -2.35. The average molecular weight is 358 g/mol. The molecule has 2 aromatic rings. The molecule has 0 N–H and O–H groups in total. The molecule has 2 saturated heterocycles. The summed E-state index contributed by atoms with van der Waals surface area (Å²) in [4.78, 5) is 16.8. The van der Waals surface area contributed by atoms with Crippen molar-refractivity contribution in [3.63, 3.8) is 0 Å². The normalized spacial score (nSPS) is 21.3. The van der Waals surface area contributed by atoms with Crippen molar-refractivity contribution in [2.24, 2.45) is 0 Å². The van der Waals surface area contributed by atoms with Crippen LogP contribution in [0.4, 0.5) is 4.39 Å². The Morgan fingerprint density at radius 1 is 1.19 bits per heavy atom. The lowest BCUT2D eigenvalue weighted by Gasteiger charge is -2.25. The van der Waals surface area contributed by atoms with E-state index in [0.29, 0.717) is 30.8 Å². The van der Waals surface area contributed by atoms with Gasteiger partial charge in [0, 0.05) is 32.1 Å². The Labute approximate surface area is 152 Å². The number of ether oxygens (including phenoxy) is 1. The van der Waals surface area contributed by atoms with E-state index in [1.807, 2.05) is 18.2 Å². The molecule has 1 atom stereocenters. The number of amides is 1. The minimum absolute atomic E-state index is 0.0409. The van der Waals surface area contributed by atoms with Gasteiger partial charge in [0.2, 0.25) is 0 Å². The van der Waals surface area contributed by atoms with Crippen molar-refractivity contribution in [1.29, 1.82) is 0 Å². The third kappa shape index (κ3) is 3.66. The number of hydrogen-bond donors (Lipinski definition) is 0. The van der Waals surface area contributed by atoms with Gasteiger partial charge in [-0.05, 0) is 24.1 Å². The van der Waals surface area contributed by atoms with Crippen LogP contribution in [0.1, 0.15) is 34.0 Å². The molecule has 1 amide bonds. The second-order valence-corrected chi connectivity index (χ2v) is 6.95. The van der Waals surface area contributed by atoms with Crippen molar-refractivity contribution in [3.05, 3.63) is 59.3 Å². The summed E-state index contributed by atoms with van der Waals surface area (Å²) in [5.74, 6) is 0.615. The summed E-state index contributed by atoms with van der Waals surface area (Å²) in [6, 6.07) is 8.66. The van der Waals surface area contributed by atoms with E-state index in [1.165, 1.54) is 12.3 Å². The molecule has 138 valence electrons. The third-order valence-electron chi connectivity index (χ3n) is 5.20. The number of furan rings is 1. The number of morpholine rings is 1. The molecule has 2 aliphatic heterocycles. The Bertz CT molecular complexity index is 770. The zero-order chi connectivity index (χ0) is 17.9. The van der Waals surface area contributed by atoms with Gasteiger partial charge in [-0.25, -0.2) is 4.39 Å². The van der Waals surface area contributed by atoms with E-state index < -0.39 is 0 Å². The van der Waals surface area contributed by atoms with Crippen LogP contribution >= 0.6 is 0 Å². The first-order valence-electron chi connectivity index (χ1n) is 9.12. The third-order valence-corrected chi connectivity index (χ3v) is 5.20. The Morgan fingerprint density at radius 3 is 2.81 bits per heavy atom. The van der Waals surface area contributed by atoms with Crippen LogP contribution in [-0.4, -0.2) is 55.1 Å². The molecule has 0 saturated carbocycles. The van der Waals surface area contributed by atoms with Crippen molar-refractivity contribution in [1.82, 2.24) is 9.80 Å². The molecule has 2 fully saturated rings. The van der Waals surface area contributed by atoms with Crippen LogP contribution in [0.15, 0.2) is 41.0 Å². The topological polar surface area (TPSA) is 45.9 Å². The summed E-state index contributed by atoms with van der Waals surface area (Å²) >= 11 is 0. The zero-order valence-electron chi connectivity index (χ0n) is 14.7. The van der Waals surface area contributed by atoms with E-state index >= 15 is 0 Å². The highest BCUT2D eigenvalue weighted by Gasteiger charge is 2.30. The number of carbonyl (C=O) groups is 1. The van der Waals surface area contributed by atoms with Crippen molar-refractivity contribution >= 4 is 5.91 Å². The summed E-state index contributed by atoms with van der Waals surface area (Å²) in [7, 11) is 0. The van der Waals surface area contributed by atoms with Gasteiger partial charge in [0.05, 0.1) is 25.3 Å². The molecule has 26 heavy (non-hydrogen) atoms. The summed E-state index contributed by atoms with van der Waals surface area (Å²) < 4.78 is 24.9. The molecule has 0 aliphatic carbocycles. The van der Waals surface area contributed by atoms with Crippen molar-refractivity contribution in [3.8, 4) is 0 Å². The molecule has 0 radical (unpaired) electrons. The van der Waals surface area contributed by atoms with Gasteiger partial charge in [-0.2, -0.15) is 0 Å². The molecular weight excluding hydrogens is 335 g/mol. The molecule has 1 unspecified atom stereocenters. The zero-order valence-corrected chi connectivity index (χ0v) is 14.7. The number of nitrogens with zero attached hydrogens (tertiary/aromatic N) is 2. The van der Waals surface area contributed by atoms with Crippen molar-refractivity contribution < 1.29 is 18.3 Å². The first-order valence-corrected chi connectivity index (χ1v) is 9.12. The van der Waals surface area contributed by atoms with Crippen LogP contribution in [0.5, 0.6) is 0 Å². The van der Waals surface area contributed by atoms with Gasteiger partial charge in [-0.1, -0.05) is 18.2 Å². The van der Waals surface area contributed by atoms with Gasteiger partial charge in [0.15, 0.2) is 0 Å². The molecule has 1 aromatic heterocycles. The molecule has 3 heterocycles. The number of halogens is 1. The highest BCUT2D eigenvalue weighted by Crippen LogP contribution is 2.30. The molecule has 1 aromatic carbocycles. The molecule has 2 aliphatic rings. The minimum atomic E-state index is -0.192. The van der Waals surface area contributed by atoms with Gasteiger partial charge in [-0.3, -0.25) is 9.69 Å². The van der Waals surface area contributed by atoms with Gasteiger partial charge in [-0.15, -0.1) is 0 Å². The van der Waals surface area contributed by atoms with Gasteiger partial charge >= 0.3 is 0 Å². The van der Waals surface area contributed by atoms with Crippen LogP contribution in [0, 0.1) is 5.82 Å². The molecule has 0 bridgehead atoms. The second kappa shape index (κ2) is 7.60. The van der Waals surface area contributed by atoms with E-state index in [1.54, 1.807) is 11.0 Å². The van der Waals surface area contributed by atoms with Crippen LogP contribution in [0.2, 0.25) is 0 Å². The number of likely N-dealkylation sites (tertiary alicyclic amines) is 1. The van der Waals surface area contributed by atoms with Gasteiger partial charge < -0.3 is 14.1 Å². The predicted molar refractivity (Wildman–Crippen MR) is 94.5 cm³/mol. The maximum Gasteiger partial charge on any atom is 0.257 e. The van der Waals surface area contributed by atoms with Gasteiger partial charge in [0.25, 0.3) is 5.91 Å². The second-order valence-electron chi connectivity index (χ2n) is 6.95. The molecule has 5 nitrogen and oxygen atoms in total. The largest absolute Gasteiger partial charge is 0.467 e. The number of carbonyl (C=O) groups excluding carboxylic acids is 1. The summed E-state index contributed by atoms with van der Waals surface area (Å²) in [6.45, 7) is 5.09.